The Morgan fingerprint density at radius 2 is 1.76 bits per heavy atom. The maximum Gasteiger partial charge on any atom is 0.416 e. The van der Waals surface area contributed by atoms with E-state index in [4.69, 9.17) is 23.2 Å². The van der Waals surface area contributed by atoms with Crippen molar-refractivity contribution in [3.8, 4) is 0 Å². The van der Waals surface area contributed by atoms with Gasteiger partial charge < -0.3 is 15.1 Å². The van der Waals surface area contributed by atoms with Gasteiger partial charge in [-0.2, -0.15) is 13.2 Å². The average Bonchev–Trinajstić information content (AvgIpc) is 2.78. The van der Waals surface area contributed by atoms with Crippen molar-refractivity contribution in [2.75, 3.05) is 0 Å². The van der Waals surface area contributed by atoms with Crippen LogP contribution >= 0.6 is 23.2 Å². The average molecular weight is 560 g/mol. The molecule has 2 aromatic carbocycles. The second kappa shape index (κ2) is 10.8. The third kappa shape index (κ3) is 6.24. The number of piperidine rings is 1. The number of carbonyl (C=O) groups excluding carboxylic acids is 1. The number of carboxylic acid groups (broad SMARTS) is 1. The summed E-state index contributed by atoms with van der Waals surface area (Å²) in [5, 5.41) is 20.9. The number of nitrogens with zero attached hydrogens (tertiary/aromatic N) is 1. The fourth-order valence-corrected chi connectivity index (χ4v) is 5.62. The van der Waals surface area contributed by atoms with Crippen molar-refractivity contribution in [3.05, 3.63) is 69.7 Å². The van der Waals surface area contributed by atoms with Crippen LogP contribution in [0.25, 0.3) is 0 Å². The van der Waals surface area contributed by atoms with Gasteiger partial charge in [-0.25, -0.2) is 0 Å². The molecule has 37 heavy (non-hydrogen) atoms. The lowest BCUT2D eigenvalue weighted by molar-refractivity contribution is -0.259. The maximum absolute atomic E-state index is 14.1. The highest BCUT2D eigenvalue weighted by Gasteiger charge is 2.56. The Bertz CT molecular complexity index is 1140. The number of rotatable bonds is 8. The standard InChI is InChI=1S/C27H30Cl2F3NO4/c1-4-20(13-26(3,37)27(30,31)32)33-23(16-8-10-18(28)11-9-16)21(17-6-5-7-19(29)12-17)14-25(2,24(33)36)15-22(34)35/h5-12,20-21,23,37H,4,13-15H2,1-3H3,(H,34,35)/t20-,21+,23?,25+,26?/m0/s1. The predicted molar refractivity (Wildman–Crippen MR) is 136 cm³/mol. The molecule has 2 N–H and O–H groups in total. The molecule has 0 spiro atoms. The van der Waals surface area contributed by atoms with Crippen molar-refractivity contribution in [2.24, 2.45) is 5.41 Å². The van der Waals surface area contributed by atoms with Crippen molar-refractivity contribution in [3.63, 3.8) is 0 Å². The Labute approximate surface area is 224 Å². The molecule has 5 atom stereocenters. The monoisotopic (exact) mass is 559 g/mol. The summed E-state index contributed by atoms with van der Waals surface area (Å²) in [4.78, 5) is 27.2. The number of aliphatic carboxylic acids is 1. The number of benzene rings is 2. The van der Waals surface area contributed by atoms with Crippen molar-refractivity contribution in [2.45, 2.75) is 76.2 Å². The Kier molecular flexibility index (Phi) is 8.57. The molecular weight excluding hydrogens is 530 g/mol. The van der Waals surface area contributed by atoms with E-state index >= 15 is 0 Å². The molecule has 0 aromatic heterocycles. The Balaban J connectivity index is 2.25. The summed E-state index contributed by atoms with van der Waals surface area (Å²) in [7, 11) is 0. The summed E-state index contributed by atoms with van der Waals surface area (Å²) in [5.74, 6) is -2.26. The van der Waals surface area contributed by atoms with E-state index in [0.717, 1.165) is 5.56 Å². The largest absolute Gasteiger partial charge is 0.481 e. The van der Waals surface area contributed by atoms with Crippen LogP contribution in [0.5, 0.6) is 0 Å². The van der Waals surface area contributed by atoms with Crippen molar-refractivity contribution >= 4 is 35.1 Å². The van der Waals surface area contributed by atoms with Gasteiger partial charge in [0, 0.05) is 28.4 Å². The van der Waals surface area contributed by atoms with Gasteiger partial charge in [-0.05, 0) is 55.2 Å². The second-order valence-corrected chi connectivity index (χ2v) is 11.1. The number of aliphatic hydroxyl groups is 1. The number of halogens is 5. The van der Waals surface area contributed by atoms with Gasteiger partial charge in [-0.3, -0.25) is 9.59 Å². The number of carbonyl (C=O) groups is 2. The van der Waals surface area contributed by atoms with Gasteiger partial charge in [-0.1, -0.05) is 61.3 Å². The fraction of sp³-hybridized carbons (Fsp3) is 0.481. The molecule has 0 aliphatic carbocycles. The molecule has 0 radical (unpaired) electrons. The molecule has 202 valence electrons. The molecule has 2 unspecified atom stereocenters. The highest BCUT2D eigenvalue weighted by molar-refractivity contribution is 6.30. The highest BCUT2D eigenvalue weighted by Crippen LogP contribution is 2.53. The number of hydrogen-bond donors (Lipinski definition) is 2. The first-order valence-electron chi connectivity index (χ1n) is 11.9. The molecule has 1 heterocycles. The normalized spacial score (nSPS) is 25.0. The van der Waals surface area contributed by atoms with E-state index in [0.29, 0.717) is 22.5 Å². The number of alkyl halides is 3. The van der Waals surface area contributed by atoms with Crippen molar-refractivity contribution < 1.29 is 33.0 Å². The first-order chi connectivity index (χ1) is 17.1. The second-order valence-electron chi connectivity index (χ2n) is 10.2. The molecule has 3 rings (SSSR count). The molecule has 1 saturated heterocycles. The van der Waals surface area contributed by atoms with Gasteiger partial charge in [0.1, 0.15) is 0 Å². The molecule has 1 fully saturated rings. The minimum absolute atomic E-state index is 0.105. The van der Waals surface area contributed by atoms with E-state index in [2.05, 4.69) is 0 Å². The lowest BCUT2D eigenvalue weighted by Crippen LogP contribution is -2.58. The molecule has 1 aliphatic heterocycles. The van der Waals surface area contributed by atoms with Gasteiger partial charge in [0.05, 0.1) is 17.9 Å². The van der Waals surface area contributed by atoms with Crippen molar-refractivity contribution in [1.82, 2.24) is 4.90 Å². The minimum Gasteiger partial charge on any atom is -0.481 e. The number of amides is 1. The summed E-state index contributed by atoms with van der Waals surface area (Å²) < 4.78 is 41.1. The van der Waals surface area contributed by atoms with E-state index < -0.39 is 59.9 Å². The van der Waals surface area contributed by atoms with Gasteiger partial charge in [-0.15, -0.1) is 0 Å². The Hall–Kier alpha value is -2.29. The summed E-state index contributed by atoms with van der Waals surface area (Å²) >= 11 is 12.4. The first-order valence-corrected chi connectivity index (χ1v) is 12.7. The summed E-state index contributed by atoms with van der Waals surface area (Å²) in [6.45, 7) is 3.85. The van der Waals surface area contributed by atoms with Crippen molar-refractivity contribution in [1.29, 1.82) is 0 Å². The predicted octanol–water partition coefficient (Wildman–Crippen LogP) is 7.01. The zero-order chi connectivity index (χ0) is 27.8. The van der Waals surface area contributed by atoms with Crippen LogP contribution in [-0.4, -0.2) is 44.8 Å². The van der Waals surface area contributed by atoms with Crippen LogP contribution in [0.4, 0.5) is 13.2 Å². The molecule has 0 saturated carbocycles. The number of hydrogen-bond acceptors (Lipinski definition) is 3. The van der Waals surface area contributed by atoms with Gasteiger partial charge >= 0.3 is 12.1 Å². The van der Waals surface area contributed by atoms with Gasteiger partial charge in [0.15, 0.2) is 5.60 Å². The Morgan fingerprint density at radius 3 is 2.27 bits per heavy atom. The topological polar surface area (TPSA) is 77.8 Å². The van der Waals surface area contributed by atoms with Crippen LogP contribution in [0.1, 0.15) is 69.5 Å². The summed E-state index contributed by atoms with van der Waals surface area (Å²) in [6.07, 6.45) is -5.96. The zero-order valence-corrected chi connectivity index (χ0v) is 22.2. The van der Waals surface area contributed by atoms with Crippen LogP contribution in [0, 0.1) is 5.41 Å². The molecular formula is C27H30Cl2F3NO4. The van der Waals surface area contributed by atoms with Crippen LogP contribution in [0.2, 0.25) is 10.0 Å². The molecule has 0 bridgehead atoms. The SMILES string of the molecule is CC[C@@H](CC(C)(O)C(F)(F)F)N1C(=O)[C@@](C)(CC(=O)O)C[C@H](c2cccc(Cl)c2)C1c1ccc(Cl)cc1. The molecule has 2 aromatic rings. The molecule has 5 nitrogen and oxygen atoms in total. The van der Waals surface area contributed by atoms with E-state index in [1.54, 1.807) is 55.5 Å². The fourth-order valence-electron chi connectivity index (χ4n) is 5.29. The van der Waals surface area contributed by atoms with Crippen LogP contribution < -0.4 is 0 Å². The zero-order valence-electron chi connectivity index (χ0n) is 20.7. The summed E-state index contributed by atoms with van der Waals surface area (Å²) in [5.41, 5.74) is -3.12. The quantitative estimate of drug-likeness (QED) is 0.364. The lowest BCUT2D eigenvalue weighted by Gasteiger charge is -2.52. The van der Waals surface area contributed by atoms with Crippen LogP contribution in [-0.2, 0) is 9.59 Å². The van der Waals surface area contributed by atoms with Gasteiger partial charge in [0.2, 0.25) is 5.91 Å². The van der Waals surface area contributed by atoms with E-state index in [1.807, 2.05) is 0 Å². The number of carboxylic acids is 1. The van der Waals surface area contributed by atoms with E-state index in [1.165, 1.54) is 11.8 Å². The van der Waals surface area contributed by atoms with Crippen LogP contribution in [0.3, 0.4) is 0 Å². The van der Waals surface area contributed by atoms with Crippen LogP contribution in [0.15, 0.2) is 48.5 Å². The smallest absolute Gasteiger partial charge is 0.416 e. The molecule has 1 aliphatic rings. The molecule has 10 heteroatoms. The number of likely N-dealkylation sites (tertiary alicyclic amines) is 1. The van der Waals surface area contributed by atoms with E-state index in [9.17, 15) is 33.0 Å². The minimum atomic E-state index is -4.92. The van der Waals surface area contributed by atoms with Gasteiger partial charge in [0.25, 0.3) is 0 Å². The maximum atomic E-state index is 14.1. The first kappa shape index (κ1) is 29.3. The van der Waals surface area contributed by atoms with E-state index in [-0.39, 0.29) is 12.8 Å². The third-order valence-corrected chi connectivity index (χ3v) is 7.73. The highest BCUT2D eigenvalue weighted by atomic mass is 35.5. The summed E-state index contributed by atoms with van der Waals surface area (Å²) in [6, 6.07) is 11.8. The Morgan fingerprint density at radius 1 is 1.14 bits per heavy atom. The third-order valence-electron chi connectivity index (χ3n) is 7.24. The molecule has 1 amide bonds. The lowest BCUT2D eigenvalue weighted by atomic mass is 9.66.